The van der Waals surface area contributed by atoms with Gasteiger partial charge in [0, 0.05) is 5.69 Å². The van der Waals surface area contributed by atoms with Crippen molar-refractivity contribution in [1.29, 1.82) is 0 Å². The minimum atomic E-state index is -0.543. The monoisotopic (exact) mass is 364 g/mol. The maximum atomic E-state index is 11.7. The van der Waals surface area contributed by atoms with Crippen LogP contribution in [-0.4, -0.2) is 14.9 Å². The molecule has 138 valence electrons. The molecule has 3 aromatic rings. The fraction of sp³-hybridized carbons (Fsp3) is 0.200. The highest BCUT2D eigenvalue weighted by Gasteiger charge is 2.25. The van der Waals surface area contributed by atoms with Crippen LogP contribution in [0.3, 0.4) is 0 Å². The van der Waals surface area contributed by atoms with E-state index in [4.69, 9.17) is 4.74 Å². The van der Waals surface area contributed by atoms with E-state index in [1.165, 1.54) is 11.9 Å². The van der Waals surface area contributed by atoms with Crippen molar-refractivity contribution >= 4 is 17.2 Å². The molecular formula is C20H20N4O3. The van der Waals surface area contributed by atoms with Crippen molar-refractivity contribution in [3.63, 3.8) is 0 Å². The van der Waals surface area contributed by atoms with E-state index in [9.17, 15) is 10.1 Å². The first-order valence-electron chi connectivity index (χ1n) is 8.58. The Morgan fingerprint density at radius 2 is 1.81 bits per heavy atom. The number of hydrogen-bond acceptors (Lipinski definition) is 6. The molecule has 0 saturated heterocycles. The summed E-state index contributed by atoms with van der Waals surface area (Å²) in [5.74, 6) is 0.460. The smallest absolute Gasteiger partial charge is 0.373 e. The number of anilines is 2. The zero-order valence-electron chi connectivity index (χ0n) is 15.4. The number of hydrogen-bond donors (Lipinski definition) is 1. The van der Waals surface area contributed by atoms with Gasteiger partial charge in [-0.15, -0.1) is 0 Å². The Morgan fingerprint density at radius 3 is 2.44 bits per heavy atom. The maximum absolute atomic E-state index is 11.7. The standard InChI is InChI=1S/C20H20N4O3/c1-4-15-6-8-16(9-7-15)23-19-18(24(25)26)20(22-12-21-19)27-17-10-5-13(2)14(3)11-17/h5-12H,4H2,1-3H3,(H,21,22,23). The predicted molar refractivity (Wildman–Crippen MR) is 104 cm³/mol. The van der Waals surface area contributed by atoms with E-state index in [1.807, 2.05) is 50.2 Å². The Bertz CT molecular complexity index is 971. The van der Waals surface area contributed by atoms with Crippen LogP contribution in [0.15, 0.2) is 48.8 Å². The van der Waals surface area contributed by atoms with Crippen molar-refractivity contribution in [2.45, 2.75) is 27.2 Å². The highest BCUT2D eigenvalue weighted by Crippen LogP contribution is 2.35. The third-order valence-corrected chi connectivity index (χ3v) is 4.29. The van der Waals surface area contributed by atoms with Crippen molar-refractivity contribution in [2.24, 2.45) is 0 Å². The average molecular weight is 364 g/mol. The fourth-order valence-corrected chi connectivity index (χ4v) is 2.54. The maximum Gasteiger partial charge on any atom is 0.373 e. The summed E-state index contributed by atoms with van der Waals surface area (Å²) in [5, 5.41) is 14.6. The molecule has 0 bridgehead atoms. The van der Waals surface area contributed by atoms with Crippen molar-refractivity contribution in [3.8, 4) is 11.6 Å². The van der Waals surface area contributed by atoms with E-state index < -0.39 is 4.92 Å². The zero-order chi connectivity index (χ0) is 19.4. The van der Waals surface area contributed by atoms with Crippen molar-refractivity contribution in [2.75, 3.05) is 5.32 Å². The topological polar surface area (TPSA) is 90.2 Å². The number of nitro groups is 1. The summed E-state index contributed by atoms with van der Waals surface area (Å²) in [6, 6.07) is 13.1. The number of rotatable bonds is 6. The van der Waals surface area contributed by atoms with Gasteiger partial charge < -0.3 is 10.1 Å². The summed E-state index contributed by atoms with van der Waals surface area (Å²) in [6.07, 6.45) is 2.16. The van der Waals surface area contributed by atoms with Gasteiger partial charge in [-0.3, -0.25) is 10.1 Å². The molecule has 3 rings (SSSR count). The van der Waals surface area contributed by atoms with Crippen LogP contribution in [0.2, 0.25) is 0 Å². The van der Waals surface area contributed by atoms with Crippen molar-refractivity contribution < 1.29 is 9.66 Å². The summed E-state index contributed by atoms with van der Waals surface area (Å²) in [5.41, 5.74) is 3.70. The molecule has 0 saturated carbocycles. The molecule has 0 aliphatic heterocycles. The quantitative estimate of drug-likeness (QED) is 0.483. The molecule has 0 spiro atoms. The molecule has 1 N–H and O–H groups in total. The molecule has 2 aromatic carbocycles. The summed E-state index contributed by atoms with van der Waals surface area (Å²) in [7, 11) is 0. The lowest BCUT2D eigenvalue weighted by atomic mass is 10.1. The van der Waals surface area contributed by atoms with E-state index in [-0.39, 0.29) is 17.4 Å². The Hall–Kier alpha value is -3.48. The van der Waals surface area contributed by atoms with Gasteiger partial charge in [0.1, 0.15) is 12.1 Å². The van der Waals surface area contributed by atoms with Crippen LogP contribution in [0.25, 0.3) is 0 Å². The molecule has 0 aliphatic carbocycles. The molecule has 0 fully saturated rings. The number of nitrogens with one attached hydrogen (secondary N) is 1. The largest absolute Gasteiger partial charge is 0.434 e. The lowest BCUT2D eigenvalue weighted by molar-refractivity contribution is -0.385. The van der Waals surface area contributed by atoms with E-state index in [0.717, 1.165) is 17.5 Å². The molecular weight excluding hydrogens is 344 g/mol. The van der Waals surface area contributed by atoms with Crippen LogP contribution in [-0.2, 0) is 6.42 Å². The molecule has 0 atom stereocenters. The average Bonchev–Trinajstić information content (AvgIpc) is 2.65. The van der Waals surface area contributed by atoms with Gasteiger partial charge in [-0.2, -0.15) is 4.98 Å². The van der Waals surface area contributed by atoms with E-state index in [2.05, 4.69) is 22.2 Å². The zero-order valence-corrected chi connectivity index (χ0v) is 15.4. The van der Waals surface area contributed by atoms with Crippen LogP contribution in [0.1, 0.15) is 23.6 Å². The van der Waals surface area contributed by atoms with Gasteiger partial charge >= 0.3 is 11.6 Å². The minimum absolute atomic E-state index is 0.0816. The Kier molecular flexibility index (Phi) is 5.30. The van der Waals surface area contributed by atoms with Crippen LogP contribution in [0.5, 0.6) is 11.6 Å². The van der Waals surface area contributed by atoms with Crippen LogP contribution in [0.4, 0.5) is 17.2 Å². The van der Waals surface area contributed by atoms with Crippen molar-refractivity contribution in [3.05, 3.63) is 75.6 Å². The molecule has 1 aromatic heterocycles. The van der Waals surface area contributed by atoms with Crippen LogP contribution < -0.4 is 10.1 Å². The lowest BCUT2D eigenvalue weighted by Gasteiger charge is -2.10. The summed E-state index contributed by atoms with van der Waals surface area (Å²) in [6.45, 7) is 6.00. The first-order chi connectivity index (χ1) is 13.0. The normalized spacial score (nSPS) is 10.5. The fourth-order valence-electron chi connectivity index (χ4n) is 2.54. The molecule has 0 aliphatic rings. The van der Waals surface area contributed by atoms with Gasteiger partial charge in [0.15, 0.2) is 0 Å². The van der Waals surface area contributed by atoms with Gasteiger partial charge in [-0.05, 0) is 61.2 Å². The van der Waals surface area contributed by atoms with Crippen molar-refractivity contribution in [1.82, 2.24) is 9.97 Å². The van der Waals surface area contributed by atoms with Gasteiger partial charge in [0.2, 0.25) is 5.82 Å². The highest BCUT2D eigenvalue weighted by molar-refractivity contribution is 5.68. The lowest BCUT2D eigenvalue weighted by Crippen LogP contribution is -2.03. The van der Waals surface area contributed by atoms with Crippen LogP contribution >= 0.6 is 0 Å². The summed E-state index contributed by atoms with van der Waals surface area (Å²) in [4.78, 5) is 19.1. The van der Waals surface area contributed by atoms with E-state index >= 15 is 0 Å². The number of ether oxygens (including phenoxy) is 1. The SMILES string of the molecule is CCc1ccc(Nc2ncnc(Oc3ccc(C)c(C)c3)c2[N+](=O)[O-])cc1. The Morgan fingerprint density at radius 1 is 1.07 bits per heavy atom. The third-order valence-electron chi connectivity index (χ3n) is 4.29. The molecule has 0 radical (unpaired) electrons. The molecule has 27 heavy (non-hydrogen) atoms. The van der Waals surface area contributed by atoms with Crippen LogP contribution in [0, 0.1) is 24.0 Å². The van der Waals surface area contributed by atoms with Gasteiger partial charge in [0.05, 0.1) is 4.92 Å². The van der Waals surface area contributed by atoms with Gasteiger partial charge in [-0.1, -0.05) is 25.1 Å². The molecule has 7 heteroatoms. The molecule has 0 unspecified atom stereocenters. The second-order valence-electron chi connectivity index (χ2n) is 6.16. The molecule has 1 heterocycles. The number of benzene rings is 2. The first-order valence-corrected chi connectivity index (χ1v) is 8.58. The highest BCUT2D eigenvalue weighted by atomic mass is 16.6. The number of aryl methyl sites for hydroxylation is 3. The first kappa shape index (κ1) is 18.3. The van der Waals surface area contributed by atoms with E-state index in [0.29, 0.717) is 11.4 Å². The Labute approximate surface area is 157 Å². The van der Waals surface area contributed by atoms with Gasteiger partial charge in [-0.25, -0.2) is 4.98 Å². The second-order valence-corrected chi connectivity index (χ2v) is 6.16. The Balaban J connectivity index is 1.94. The van der Waals surface area contributed by atoms with E-state index in [1.54, 1.807) is 6.07 Å². The predicted octanol–water partition coefficient (Wildman–Crippen LogP) is 5.10. The summed E-state index contributed by atoms with van der Waals surface area (Å²) < 4.78 is 5.69. The second kappa shape index (κ2) is 7.82. The van der Waals surface area contributed by atoms with Gasteiger partial charge in [0.25, 0.3) is 0 Å². The third kappa shape index (κ3) is 4.20. The molecule has 0 amide bonds. The number of nitrogens with zero attached hydrogens (tertiary/aromatic N) is 3. The summed E-state index contributed by atoms with van der Waals surface area (Å²) >= 11 is 0. The minimum Gasteiger partial charge on any atom is -0.434 e. The molecule has 7 nitrogen and oxygen atoms in total. The number of aromatic nitrogens is 2.